The molecule has 1 aromatic heterocycles. The van der Waals surface area contributed by atoms with Crippen molar-refractivity contribution in [3.63, 3.8) is 0 Å². The maximum absolute atomic E-state index is 12.3. The van der Waals surface area contributed by atoms with Gasteiger partial charge in [-0.25, -0.2) is 4.98 Å². The fourth-order valence-corrected chi connectivity index (χ4v) is 3.79. The Morgan fingerprint density at radius 2 is 1.93 bits per heavy atom. The molecule has 0 bridgehead atoms. The van der Waals surface area contributed by atoms with E-state index in [9.17, 15) is 4.79 Å². The molecule has 2 aliphatic rings. The Morgan fingerprint density at radius 3 is 2.83 bits per heavy atom. The average Bonchev–Trinajstić information content (AvgIpc) is 3.47. The molecule has 3 heterocycles. The van der Waals surface area contributed by atoms with E-state index in [-0.39, 0.29) is 19.3 Å². The number of amides is 1. The largest absolute Gasteiger partial charge is 0.481 e. The number of para-hydroxylation sites is 1. The lowest BCUT2D eigenvalue weighted by Gasteiger charge is -2.17. The van der Waals surface area contributed by atoms with E-state index in [0.29, 0.717) is 18.0 Å². The van der Waals surface area contributed by atoms with E-state index in [4.69, 9.17) is 19.2 Å². The number of hydrogen-bond donors (Lipinski definition) is 1. The third-order valence-electron chi connectivity index (χ3n) is 5.38. The van der Waals surface area contributed by atoms with Gasteiger partial charge in [0.2, 0.25) is 6.79 Å². The topological polar surface area (TPSA) is 72.9 Å². The molecule has 2 aliphatic heterocycles. The Labute approximate surface area is 174 Å². The van der Waals surface area contributed by atoms with E-state index in [0.717, 1.165) is 41.1 Å². The van der Waals surface area contributed by atoms with Crippen LogP contribution in [0.15, 0.2) is 48.5 Å². The van der Waals surface area contributed by atoms with Crippen LogP contribution in [-0.2, 0) is 11.3 Å². The number of carbonyl (C=O) groups excluding carboxylic acids is 1. The van der Waals surface area contributed by atoms with Crippen molar-refractivity contribution in [2.45, 2.75) is 19.4 Å². The molecule has 0 spiro atoms. The Kier molecular flexibility index (Phi) is 5.01. The summed E-state index contributed by atoms with van der Waals surface area (Å²) in [5.41, 5.74) is 1.72. The minimum atomic E-state index is -0.194. The van der Waals surface area contributed by atoms with Crippen LogP contribution in [0, 0.1) is 0 Å². The smallest absolute Gasteiger partial charge is 0.258 e. The number of ether oxygens (including phenoxy) is 3. The molecule has 7 heteroatoms. The van der Waals surface area contributed by atoms with Crippen LogP contribution in [0.25, 0.3) is 10.9 Å². The lowest BCUT2D eigenvalue weighted by atomic mass is 10.2. The maximum atomic E-state index is 12.3. The molecule has 7 nitrogen and oxygen atoms in total. The molecular weight excluding hydrogens is 382 g/mol. The van der Waals surface area contributed by atoms with Crippen LogP contribution < -0.4 is 24.4 Å². The standard InChI is InChI=1S/C23H23N3O4/c27-22(24-13-16-6-8-18-20(12-16)30-15-29-18)14-28-19-5-3-4-17-7-9-21(25-23(17)19)26-10-1-2-11-26/h3-9,12H,1-2,10-11,13-15H2,(H,24,27). The van der Waals surface area contributed by atoms with Crippen molar-refractivity contribution in [2.24, 2.45) is 0 Å². The van der Waals surface area contributed by atoms with Gasteiger partial charge in [-0.3, -0.25) is 4.79 Å². The molecule has 1 fully saturated rings. The van der Waals surface area contributed by atoms with Crippen molar-refractivity contribution >= 4 is 22.6 Å². The number of nitrogens with zero attached hydrogens (tertiary/aromatic N) is 2. The van der Waals surface area contributed by atoms with Crippen molar-refractivity contribution in [2.75, 3.05) is 31.4 Å². The number of anilines is 1. The third-order valence-corrected chi connectivity index (χ3v) is 5.38. The van der Waals surface area contributed by atoms with E-state index < -0.39 is 0 Å². The summed E-state index contributed by atoms with van der Waals surface area (Å²) in [6.45, 7) is 2.62. The van der Waals surface area contributed by atoms with Gasteiger partial charge in [0.25, 0.3) is 5.91 Å². The van der Waals surface area contributed by atoms with E-state index in [1.807, 2.05) is 36.4 Å². The van der Waals surface area contributed by atoms with Gasteiger partial charge in [0.1, 0.15) is 17.1 Å². The molecule has 2 aromatic carbocycles. The van der Waals surface area contributed by atoms with Gasteiger partial charge < -0.3 is 24.4 Å². The molecule has 0 saturated carbocycles. The summed E-state index contributed by atoms with van der Waals surface area (Å²) < 4.78 is 16.5. The minimum Gasteiger partial charge on any atom is -0.481 e. The first-order valence-corrected chi connectivity index (χ1v) is 10.2. The average molecular weight is 405 g/mol. The molecule has 3 aromatic rings. The monoisotopic (exact) mass is 405 g/mol. The molecule has 154 valence electrons. The van der Waals surface area contributed by atoms with Crippen LogP contribution in [-0.4, -0.2) is 37.4 Å². The van der Waals surface area contributed by atoms with Crippen molar-refractivity contribution in [3.8, 4) is 17.2 Å². The van der Waals surface area contributed by atoms with E-state index in [1.165, 1.54) is 12.8 Å². The number of benzene rings is 2. The van der Waals surface area contributed by atoms with Crippen LogP contribution in [0.2, 0.25) is 0 Å². The number of pyridine rings is 1. The van der Waals surface area contributed by atoms with Gasteiger partial charge in [0.15, 0.2) is 18.1 Å². The molecule has 0 radical (unpaired) electrons. The van der Waals surface area contributed by atoms with E-state index in [2.05, 4.69) is 22.3 Å². The van der Waals surface area contributed by atoms with Gasteiger partial charge in [-0.15, -0.1) is 0 Å². The zero-order chi connectivity index (χ0) is 20.3. The first kappa shape index (κ1) is 18.5. The van der Waals surface area contributed by atoms with Crippen LogP contribution in [0.1, 0.15) is 18.4 Å². The zero-order valence-electron chi connectivity index (χ0n) is 16.6. The Hall–Kier alpha value is -3.48. The summed E-state index contributed by atoms with van der Waals surface area (Å²) in [5.74, 6) is 2.81. The quantitative estimate of drug-likeness (QED) is 0.679. The third kappa shape index (κ3) is 3.83. The highest BCUT2D eigenvalue weighted by molar-refractivity contribution is 5.86. The SMILES string of the molecule is O=C(COc1cccc2ccc(N3CCCC3)nc12)NCc1ccc2c(c1)OCO2. The van der Waals surface area contributed by atoms with Crippen molar-refractivity contribution in [1.29, 1.82) is 0 Å². The zero-order valence-corrected chi connectivity index (χ0v) is 16.6. The number of fused-ring (bicyclic) bond motifs is 2. The summed E-state index contributed by atoms with van der Waals surface area (Å²) >= 11 is 0. The molecule has 0 atom stereocenters. The summed E-state index contributed by atoms with van der Waals surface area (Å²) in [6.07, 6.45) is 2.39. The number of hydrogen-bond acceptors (Lipinski definition) is 6. The highest BCUT2D eigenvalue weighted by Crippen LogP contribution is 2.32. The van der Waals surface area contributed by atoms with Gasteiger partial charge >= 0.3 is 0 Å². The highest BCUT2D eigenvalue weighted by atomic mass is 16.7. The predicted molar refractivity (Wildman–Crippen MR) is 113 cm³/mol. The number of rotatable bonds is 6. The fraction of sp³-hybridized carbons (Fsp3) is 0.304. The van der Waals surface area contributed by atoms with Crippen LogP contribution in [0.5, 0.6) is 17.2 Å². The fourth-order valence-electron chi connectivity index (χ4n) is 3.79. The number of aromatic nitrogens is 1. The Morgan fingerprint density at radius 1 is 1.07 bits per heavy atom. The van der Waals surface area contributed by atoms with Gasteiger partial charge in [0, 0.05) is 25.0 Å². The molecule has 5 rings (SSSR count). The summed E-state index contributed by atoms with van der Waals surface area (Å²) in [6, 6.07) is 15.5. The van der Waals surface area contributed by atoms with Crippen LogP contribution in [0.4, 0.5) is 5.82 Å². The Bertz CT molecular complexity index is 1080. The van der Waals surface area contributed by atoms with E-state index >= 15 is 0 Å². The molecular formula is C23H23N3O4. The van der Waals surface area contributed by atoms with Gasteiger partial charge in [-0.05, 0) is 48.7 Å². The molecule has 0 unspecified atom stereocenters. The lowest BCUT2D eigenvalue weighted by molar-refractivity contribution is -0.123. The highest BCUT2D eigenvalue weighted by Gasteiger charge is 2.16. The molecule has 0 aliphatic carbocycles. The van der Waals surface area contributed by atoms with Gasteiger partial charge in [-0.1, -0.05) is 18.2 Å². The summed E-state index contributed by atoms with van der Waals surface area (Å²) in [5, 5.41) is 3.87. The molecule has 1 amide bonds. The number of carbonyl (C=O) groups is 1. The molecule has 30 heavy (non-hydrogen) atoms. The summed E-state index contributed by atoms with van der Waals surface area (Å²) in [7, 11) is 0. The molecule has 1 saturated heterocycles. The second-order valence-corrected chi connectivity index (χ2v) is 7.44. The molecule has 1 N–H and O–H groups in total. The maximum Gasteiger partial charge on any atom is 0.258 e. The number of nitrogens with one attached hydrogen (secondary N) is 1. The predicted octanol–water partition coefficient (Wildman–Crippen LogP) is 3.26. The Balaban J connectivity index is 1.23. The van der Waals surface area contributed by atoms with Crippen molar-refractivity contribution in [1.82, 2.24) is 10.3 Å². The summed E-state index contributed by atoms with van der Waals surface area (Å²) in [4.78, 5) is 19.4. The van der Waals surface area contributed by atoms with Gasteiger partial charge in [-0.2, -0.15) is 0 Å². The second-order valence-electron chi connectivity index (χ2n) is 7.44. The lowest BCUT2D eigenvalue weighted by Crippen LogP contribution is -2.28. The van der Waals surface area contributed by atoms with Crippen molar-refractivity contribution < 1.29 is 19.0 Å². The van der Waals surface area contributed by atoms with Crippen LogP contribution in [0.3, 0.4) is 0 Å². The second kappa shape index (κ2) is 8.10. The van der Waals surface area contributed by atoms with Gasteiger partial charge in [0.05, 0.1) is 0 Å². The first-order valence-electron chi connectivity index (χ1n) is 10.2. The van der Waals surface area contributed by atoms with Crippen LogP contribution >= 0.6 is 0 Å². The first-order chi connectivity index (χ1) is 14.8. The minimum absolute atomic E-state index is 0.0702. The van der Waals surface area contributed by atoms with Crippen molar-refractivity contribution in [3.05, 3.63) is 54.1 Å². The normalized spacial score (nSPS) is 14.9. The van der Waals surface area contributed by atoms with E-state index in [1.54, 1.807) is 0 Å².